The Morgan fingerprint density at radius 2 is 1.76 bits per heavy atom. The normalized spacial score (nSPS) is 11.7. The van der Waals surface area contributed by atoms with Crippen LogP contribution in [0.5, 0.6) is 11.5 Å². The molecule has 0 amide bonds. The zero-order chi connectivity index (χ0) is 21.4. The molecule has 5 nitrogen and oxygen atoms in total. The molecule has 0 spiro atoms. The summed E-state index contributed by atoms with van der Waals surface area (Å²) in [6.07, 6.45) is 4.20. The van der Waals surface area contributed by atoms with Gasteiger partial charge >= 0.3 is 0 Å². The Kier molecular flexibility index (Phi) is 8.11. The summed E-state index contributed by atoms with van der Waals surface area (Å²) in [7, 11) is 3.29. The smallest absolute Gasteiger partial charge is 0.165 e. The van der Waals surface area contributed by atoms with Crippen LogP contribution in [-0.4, -0.2) is 30.3 Å². The number of hydrogen-bond donors (Lipinski definition) is 1. The molecule has 0 aliphatic heterocycles. The Labute approximate surface area is 174 Å². The lowest BCUT2D eigenvalue weighted by molar-refractivity contribution is 0.0184. The lowest BCUT2D eigenvalue weighted by atomic mass is 9.93. The van der Waals surface area contributed by atoms with E-state index < -0.39 is 5.60 Å². The topological polar surface area (TPSA) is 55.1 Å². The molecule has 0 saturated heterocycles. The van der Waals surface area contributed by atoms with Gasteiger partial charge in [-0.25, -0.2) is 0 Å². The molecule has 0 bridgehead atoms. The average Bonchev–Trinajstić information content (AvgIpc) is 3.17. The van der Waals surface area contributed by atoms with Crippen LogP contribution in [0, 0.1) is 0 Å². The SMILES string of the molecule is C=CCC(O)(CC=C)c1ccc(CN(Cc2cccc(OC)c2OC)C(C)C)o1. The van der Waals surface area contributed by atoms with E-state index in [2.05, 4.69) is 31.9 Å². The third kappa shape index (κ3) is 5.52. The van der Waals surface area contributed by atoms with Gasteiger partial charge in [0.25, 0.3) is 0 Å². The second-order valence-corrected chi connectivity index (χ2v) is 7.43. The molecule has 0 radical (unpaired) electrons. The number of aliphatic hydroxyl groups is 1. The van der Waals surface area contributed by atoms with Crippen molar-refractivity contribution in [3.63, 3.8) is 0 Å². The van der Waals surface area contributed by atoms with Gasteiger partial charge in [0.1, 0.15) is 17.1 Å². The maximum Gasteiger partial charge on any atom is 0.165 e. The van der Waals surface area contributed by atoms with Gasteiger partial charge in [-0.2, -0.15) is 0 Å². The van der Waals surface area contributed by atoms with Gasteiger partial charge in [-0.05, 0) is 32.0 Å². The predicted molar refractivity (Wildman–Crippen MR) is 116 cm³/mol. The highest BCUT2D eigenvalue weighted by Gasteiger charge is 2.30. The van der Waals surface area contributed by atoms with E-state index in [9.17, 15) is 5.11 Å². The van der Waals surface area contributed by atoms with Crippen molar-refractivity contribution in [1.29, 1.82) is 0 Å². The predicted octanol–water partition coefficient (Wildman–Crippen LogP) is 5.05. The standard InChI is InChI=1S/C24H33NO4/c1-7-14-24(26,15-8-2)22-13-12-20(29-22)17-25(18(3)4)16-19-10-9-11-21(27-5)23(19)28-6/h7-13,18,26H,1-2,14-17H2,3-6H3. The minimum absolute atomic E-state index is 0.277. The largest absolute Gasteiger partial charge is 0.493 e. The average molecular weight is 400 g/mol. The fraction of sp³-hybridized carbons (Fsp3) is 0.417. The highest BCUT2D eigenvalue weighted by molar-refractivity contribution is 5.46. The van der Waals surface area contributed by atoms with E-state index in [4.69, 9.17) is 13.9 Å². The van der Waals surface area contributed by atoms with E-state index in [0.29, 0.717) is 37.4 Å². The van der Waals surface area contributed by atoms with Crippen LogP contribution >= 0.6 is 0 Å². The summed E-state index contributed by atoms with van der Waals surface area (Å²) in [5, 5.41) is 10.9. The molecule has 2 rings (SSSR count). The van der Waals surface area contributed by atoms with Gasteiger partial charge in [-0.1, -0.05) is 24.3 Å². The number of hydrogen-bond acceptors (Lipinski definition) is 5. The Morgan fingerprint density at radius 1 is 1.07 bits per heavy atom. The Balaban J connectivity index is 2.24. The van der Waals surface area contributed by atoms with Gasteiger partial charge in [-0.3, -0.25) is 4.90 Å². The van der Waals surface area contributed by atoms with Crippen LogP contribution < -0.4 is 9.47 Å². The lowest BCUT2D eigenvalue weighted by Crippen LogP contribution is -2.30. The molecule has 2 aromatic rings. The molecule has 0 fully saturated rings. The second kappa shape index (κ2) is 10.3. The van der Waals surface area contributed by atoms with Crippen LogP contribution in [0.25, 0.3) is 0 Å². The van der Waals surface area contributed by atoms with Crippen LogP contribution in [0.4, 0.5) is 0 Å². The number of methoxy groups -OCH3 is 2. The van der Waals surface area contributed by atoms with E-state index >= 15 is 0 Å². The van der Waals surface area contributed by atoms with E-state index in [1.54, 1.807) is 26.4 Å². The van der Waals surface area contributed by atoms with Gasteiger partial charge in [0, 0.05) is 31.0 Å². The van der Waals surface area contributed by atoms with E-state index in [1.165, 1.54) is 0 Å². The lowest BCUT2D eigenvalue weighted by Gasteiger charge is -2.27. The maximum absolute atomic E-state index is 10.9. The molecule has 1 aromatic heterocycles. The van der Waals surface area contributed by atoms with E-state index in [-0.39, 0.29) is 6.04 Å². The first kappa shape index (κ1) is 22.8. The van der Waals surface area contributed by atoms with Crippen molar-refractivity contribution in [2.45, 2.75) is 51.4 Å². The van der Waals surface area contributed by atoms with Crippen molar-refractivity contribution < 1.29 is 19.0 Å². The molecule has 1 N–H and O–H groups in total. The molecule has 5 heteroatoms. The van der Waals surface area contributed by atoms with Gasteiger partial charge in [0.2, 0.25) is 0 Å². The van der Waals surface area contributed by atoms with Crippen LogP contribution in [-0.2, 0) is 18.7 Å². The number of nitrogens with zero attached hydrogens (tertiary/aromatic N) is 1. The van der Waals surface area contributed by atoms with E-state index in [1.807, 2.05) is 30.3 Å². The van der Waals surface area contributed by atoms with Gasteiger partial charge in [0.05, 0.1) is 20.8 Å². The third-order valence-corrected chi connectivity index (χ3v) is 5.03. The van der Waals surface area contributed by atoms with E-state index in [0.717, 1.165) is 17.1 Å². The molecule has 0 aliphatic carbocycles. The van der Waals surface area contributed by atoms with Gasteiger partial charge < -0.3 is 19.0 Å². The van der Waals surface area contributed by atoms with Crippen LogP contribution in [0.15, 0.2) is 60.1 Å². The summed E-state index contributed by atoms with van der Waals surface area (Å²) in [4.78, 5) is 2.28. The molecule has 0 saturated carbocycles. The number of rotatable bonds is 12. The van der Waals surface area contributed by atoms with Crippen LogP contribution in [0.1, 0.15) is 43.8 Å². The third-order valence-electron chi connectivity index (χ3n) is 5.03. The Morgan fingerprint density at radius 3 is 2.31 bits per heavy atom. The summed E-state index contributed by atoms with van der Waals surface area (Å²) >= 11 is 0. The Hall–Kier alpha value is -2.50. The quantitative estimate of drug-likeness (QED) is 0.506. The first-order valence-corrected chi connectivity index (χ1v) is 9.85. The number of para-hydroxylation sites is 1. The summed E-state index contributed by atoms with van der Waals surface area (Å²) in [6, 6.07) is 9.93. The molecule has 0 aliphatic rings. The molecule has 1 heterocycles. The zero-order valence-electron chi connectivity index (χ0n) is 18.0. The second-order valence-electron chi connectivity index (χ2n) is 7.43. The highest BCUT2D eigenvalue weighted by Crippen LogP contribution is 2.34. The minimum Gasteiger partial charge on any atom is -0.493 e. The Bertz CT molecular complexity index is 799. The summed E-state index contributed by atoms with van der Waals surface area (Å²) in [5.41, 5.74) is -0.0670. The van der Waals surface area contributed by atoms with Gasteiger partial charge in [-0.15, -0.1) is 13.2 Å². The van der Waals surface area contributed by atoms with Crippen molar-refractivity contribution in [3.8, 4) is 11.5 Å². The van der Waals surface area contributed by atoms with Crippen LogP contribution in [0.2, 0.25) is 0 Å². The molecule has 158 valence electrons. The molecule has 29 heavy (non-hydrogen) atoms. The van der Waals surface area contributed by atoms with Crippen molar-refractivity contribution >= 4 is 0 Å². The number of benzene rings is 1. The maximum atomic E-state index is 10.9. The van der Waals surface area contributed by atoms with Crippen LogP contribution in [0.3, 0.4) is 0 Å². The monoisotopic (exact) mass is 399 g/mol. The first-order chi connectivity index (χ1) is 13.9. The minimum atomic E-state index is -1.11. The fourth-order valence-electron chi connectivity index (χ4n) is 3.39. The van der Waals surface area contributed by atoms with Crippen molar-refractivity contribution in [1.82, 2.24) is 4.90 Å². The zero-order valence-corrected chi connectivity index (χ0v) is 18.0. The fourth-order valence-corrected chi connectivity index (χ4v) is 3.39. The molecule has 0 unspecified atom stereocenters. The highest BCUT2D eigenvalue weighted by atomic mass is 16.5. The molecular formula is C24H33NO4. The molecule has 0 atom stereocenters. The summed E-state index contributed by atoms with van der Waals surface area (Å²) < 4.78 is 17.0. The van der Waals surface area contributed by atoms with Crippen molar-refractivity contribution in [2.75, 3.05) is 14.2 Å². The summed E-state index contributed by atoms with van der Waals surface area (Å²) in [6.45, 7) is 13.1. The van der Waals surface area contributed by atoms with Crippen molar-refractivity contribution in [3.05, 3.63) is 72.7 Å². The molecule has 1 aromatic carbocycles. The summed E-state index contributed by atoms with van der Waals surface area (Å²) in [5.74, 6) is 2.79. The van der Waals surface area contributed by atoms with Gasteiger partial charge in [0.15, 0.2) is 11.5 Å². The van der Waals surface area contributed by atoms with Crippen molar-refractivity contribution in [2.24, 2.45) is 0 Å². The number of furan rings is 1. The number of ether oxygens (including phenoxy) is 2. The first-order valence-electron chi connectivity index (χ1n) is 9.85. The molecular weight excluding hydrogens is 366 g/mol.